The normalized spacial score (nSPS) is 19.1. The van der Waals surface area contributed by atoms with Crippen molar-refractivity contribution in [1.29, 1.82) is 0 Å². The third kappa shape index (κ3) is 2.97. The van der Waals surface area contributed by atoms with Crippen LogP contribution in [0.25, 0.3) is 0 Å². The van der Waals surface area contributed by atoms with Gasteiger partial charge < -0.3 is 15.4 Å². The Hall–Kier alpha value is -1.55. The number of rotatable bonds is 2. The van der Waals surface area contributed by atoms with E-state index in [1.165, 1.54) is 5.56 Å². The molecule has 0 bridgehead atoms. The van der Waals surface area contributed by atoms with E-state index in [1.54, 1.807) is 0 Å². The van der Waals surface area contributed by atoms with Crippen LogP contribution in [0.15, 0.2) is 18.2 Å². The third-order valence-electron chi connectivity index (χ3n) is 3.07. The molecule has 1 saturated heterocycles. The SMILES string of the molecule is Cc1cccc(NC(=O)NC2CCCO2)c1C. The number of anilines is 1. The molecule has 0 aliphatic carbocycles. The summed E-state index contributed by atoms with van der Waals surface area (Å²) in [5, 5.41) is 5.65. The van der Waals surface area contributed by atoms with E-state index in [4.69, 9.17) is 4.74 Å². The number of carbonyl (C=O) groups excluding carboxylic acids is 1. The van der Waals surface area contributed by atoms with E-state index >= 15 is 0 Å². The summed E-state index contributed by atoms with van der Waals surface area (Å²) in [6.45, 7) is 4.75. The van der Waals surface area contributed by atoms with Gasteiger partial charge in [-0.15, -0.1) is 0 Å². The number of carbonyl (C=O) groups is 1. The average molecular weight is 234 g/mol. The molecule has 2 N–H and O–H groups in total. The summed E-state index contributed by atoms with van der Waals surface area (Å²) in [7, 11) is 0. The topological polar surface area (TPSA) is 50.4 Å². The van der Waals surface area contributed by atoms with E-state index in [-0.39, 0.29) is 12.3 Å². The van der Waals surface area contributed by atoms with E-state index in [9.17, 15) is 4.79 Å². The number of benzene rings is 1. The molecule has 0 aromatic heterocycles. The molecule has 1 heterocycles. The molecule has 1 aromatic carbocycles. The van der Waals surface area contributed by atoms with Gasteiger partial charge in [-0.05, 0) is 43.9 Å². The van der Waals surface area contributed by atoms with E-state index in [0.29, 0.717) is 0 Å². The average Bonchev–Trinajstić information content (AvgIpc) is 2.77. The highest BCUT2D eigenvalue weighted by molar-refractivity contribution is 5.90. The Bertz CT molecular complexity index is 412. The standard InChI is InChI=1S/C13H18N2O2/c1-9-5-3-6-11(10(9)2)14-13(16)15-12-7-4-8-17-12/h3,5-6,12H,4,7-8H2,1-2H3,(H2,14,15,16). The molecule has 2 amide bonds. The van der Waals surface area contributed by atoms with E-state index in [1.807, 2.05) is 32.0 Å². The highest BCUT2D eigenvalue weighted by Gasteiger charge is 2.17. The van der Waals surface area contributed by atoms with E-state index < -0.39 is 0 Å². The summed E-state index contributed by atoms with van der Waals surface area (Å²) in [5.41, 5.74) is 3.11. The van der Waals surface area contributed by atoms with Crippen LogP contribution in [0, 0.1) is 13.8 Å². The first-order chi connectivity index (χ1) is 8.16. The molecule has 1 unspecified atom stereocenters. The van der Waals surface area contributed by atoms with Crippen LogP contribution in [0.3, 0.4) is 0 Å². The fourth-order valence-corrected chi connectivity index (χ4v) is 1.88. The van der Waals surface area contributed by atoms with Gasteiger partial charge in [0, 0.05) is 12.3 Å². The van der Waals surface area contributed by atoms with Crippen LogP contribution >= 0.6 is 0 Å². The fourth-order valence-electron chi connectivity index (χ4n) is 1.88. The van der Waals surface area contributed by atoms with Crippen LogP contribution in [0.5, 0.6) is 0 Å². The lowest BCUT2D eigenvalue weighted by molar-refractivity contribution is 0.0928. The largest absolute Gasteiger partial charge is 0.358 e. The van der Waals surface area contributed by atoms with Gasteiger partial charge in [-0.3, -0.25) is 0 Å². The van der Waals surface area contributed by atoms with E-state index in [0.717, 1.165) is 30.7 Å². The van der Waals surface area contributed by atoms with E-state index in [2.05, 4.69) is 10.6 Å². The lowest BCUT2D eigenvalue weighted by Crippen LogP contribution is -2.37. The molecule has 92 valence electrons. The number of urea groups is 1. The molecule has 4 nitrogen and oxygen atoms in total. The number of ether oxygens (including phenoxy) is 1. The van der Waals surface area contributed by atoms with Crippen molar-refractivity contribution in [2.24, 2.45) is 0 Å². The zero-order valence-electron chi connectivity index (χ0n) is 10.2. The molecule has 4 heteroatoms. The Morgan fingerprint density at radius 3 is 2.94 bits per heavy atom. The summed E-state index contributed by atoms with van der Waals surface area (Å²) in [4.78, 5) is 11.7. The minimum Gasteiger partial charge on any atom is -0.358 e. The zero-order chi connectivity index (χ0) is 12.3. The van der Waals surface area contributed by atoms with Crippen molar-refractivity contribution < 1.29 is 9.53 Å². The van der Waals surface area contributed by atoms with Gasteiger partial charge >= 0.3 is 6.03 Å². The minimum atomic E-state index is -0.203. The number of nitrogens with one attached hydrogen (secondary N) is 2. The van der Waals surface area contributed by atoms with Gasteiger partial charge in [-0.25, -0.2) is 4.79 Å². The Balaban J connectivity index is 1.95. The van der Waals surface area contributed by atoms with Crippen molar-refractivity contribution in [3.63, 3.8) is 0 Å². The first-order valence-corrected chi connectivity index (χ1v) is 5.92. The Labute approximate surface area is 101 Å². The molecule has 0 saturated carbocycles. The summed E-state index contributed by atoms with van der Waals surface area (Å²) in [5.74, 6) is 0. The van der Waals surface area contributed by atoms with Crippen LogP contribution in [0.4, 0.5) is 10.5 Å². The smallest absolute Gasteiger partial charge is 0.321 e. The monoisotopic (exact) mass is 234 g/mol. The molecule has 0 radical (unpaired) electrons. The van der Waals surface area contributed by atoms with Gasteiger partial charge in [0.05, 0.1) is 0 Å². The van der Waals surface area contributed by atoms with Crippen LogP contribution in [0.2, 0.25) is 0 Å². The van der Waals surface area contributed by atoms with Crippen LogP contribution < -0.4 is 10.6 Å². The fraction of sp³-hybridized carbons (Fsp3) is 0.462. The second kappa shape index (κ2) is 5.19. The Morgan fingerprint density at radius 1 is 1.41 bits per heavy atom. The molecule has 17 heavy (non-hydrogen) atoms. The first kappa shape index (κ1) is 11.9. The highest BCUT2D eigenvalue weighted by Crippen LogP contribution is 2.18. The lowest BCUT2D eigenvalue weighted by Gasteiger charge is -2.14. The molecule has 2 rings (SSSR count). The van der Waals surface area contributed by atoms with Crippen molar-refractivity contribution >= 4 is 11.7 Å². The third-order valence-corrected chi connectivity index (χ3v) is 3.07. The van der Waals surface area contributed by atoms with Crippen LogP contribution in [0.1, 0.15) is 24.0 Å². The van der Waals surface area contributed by atoms with Crippen LogP contribution in [-0.4, -0.2) is 18.9 Å². The van der Waals surface area contributed by atoms with Crippen LogP contribution in [-0.2, 0) is 4.74 Å². The molecule has 1 aliphatic heterocycles. The van der Waals surface area contributed by atoms with Crippen molar-refractivity contribution in [1.82, 2.24) is 5.32 Å². The summed E-state index contributed by atoms with van der Waals surface area (Å²) in [6, 6.07) is 5.66. The molecule has 1 aliphatic rings. The molecule has 1 aromatic rings. The molecule has 1 atom stereocenters. The number of hydrogen-bond donors (Lipinski definition) is 2. The Kier molecular flexibility index (Phi) is 3.64. The van der Waals surface area contributed by atoms with Gasteiger partial charge in [0.15, 0.2) is 0 Å². The molecule has 0 spiro atoms. The van der Waals surface area contributed by atoms with Gasteiger partial charge in [-0.1, -0.05) is 12.1 Å². The van der Waals surface area contributed by atoms with Gasteiger partial charge in [0.1, 0.15) is 6.23 Å². The summed E-state index contributed by atoms with van der Waals surface area (Å²) < 4.78 is 5.34. The maximum Gasteiger partial charge on any atom is 0.321 e. The predicted octanol–water partition coefficient (Wildman–Crippen LogP) is 2.56. The molecular weight excluding hydrogens is 216 g/mol. The highest BCUT2D eigenvalue weighted by atomic mass is 16.5. The van der Waals surface area contributed by atoms with Gasteiger partial charge in [-0.2, -0.15) is 0 Å². The first-order valence-electron chi connectivity index (χ1n) is 5.92. The van der Waals surface area contributed by atoms with Gasteiger partial charge in [0.25, 0.3) is 0 Å². The second-order valence-corrected chi connectivity index (χ2v) is 4.35. The number of amides is 2. The summed E-state index contributed by atoms with van der Waals surface area (Å²) in [6.07, 6.45) is 1.76. The predicted molar refractivity (Wildman–Crippen MR) is 67.0 cm³/mol. The zero-order valence-corrected chi connectivity index (χ0v) is 10.2. The van der Waals surface area contributed by atoms with Crippen molar-refractivity contribution in [3.8, 4) is 0 Å². The summed E-state index contributed by atoms with van der Waals surface area (Å²) >= 11 is 0. The van der Waals surface area contributed by atoms with Crippen molar-refractivity contribution in [2.75, 3.05) is 11.9 Å². The second-order valence-electron chi connectivity index (χ2n) is 4.35. The maximum atomic E-state index is 11.7. The quantitative estimate of drug-likeness (QED) is 0.826. The maximum absolute atomic E-state index is 11.7. The number of aryl methyl sites for hydroxylation is 1. The lowest BCUT2D eigenvalue weighted by atomic mass is 10.1. The van der Waals surface area contributed by atoms with Gasteiger partial charge in [0.2, 0.25) is 0 Å². The van der Waals surface area contributed by atoms with Crippen molar-refractivity contribution in [3.05, 3.63) is 29.3 Å². The minimum absolute atomic E-state index is 0.139. The Morgan fingerprint density at radius 2 is 2.24 bits per heavy atom. The molecular formula is C13H18N2O2. The number of hydrogen-bond acceptors (Lipinski definition) is 2. The van der Waals surface area contributed by atoms with Crippen molar-refractivity contribution in [2.45, 2.75) is 32.9 Å². The molecule has 1 fully saturated rings.